The van der Waals surface area contributed by atoms with Gasteiger partial charge >= 0.3 is 0 Å². The van der Waals surface area contributed by atoms with Crippen molar-refractivity contribution in [3.05, 3.63) is 99.4 Å². The van der Waals surface area contributed by atoms with Crippen LogP contribution >= 0.6 is 11.6 Å². The molecule has 122 valence electrons. The molecule has 0 fully saturated rings. The van der Waals surface area contributed by atoms with Crippen LogP contribution in [0.2, 0.25) is 5.02 Å². The average Bonchev–Trinajstić information content (AvgIpc) is 2.65. The monoisotopic (exact) mass is 346 g/mol. The molecule has 0 aliphatic rings. The number of aromatic amines is 1. The number of benzene rings is 2. The first kappa shape index (κ1) is 15.6. The molecule has 4 aromatic rings. The molecule has 0 spiro atoms. The first-order chi connectivity index (χ1) is 12.2. The first-order valence-corrected chi connectivity index (χ1v) is 8.39. The van der Waals surface area contributed by atoms with E-state index in [0.717, 1.165) is 27.9 Å². The molecule has 0 unspecified atom stereocenters. The molecule has 1 N–H and O–H groups in total. The minimum atomic E-state index is 0.0520. The third-order valence-electron chi connectivity index (χ3n) is 4.27. The summed E-state index contributed by atoms with van der Waals surface area (Å²) in [7, 11) is 0. The lowest BCUT2D eigenvalue weighted by Gasteiger charge is -2.12. The van der Waals surface area contributed by atoms with Crippen LogP contribution in [0, 0.1) is 0 Å². The van der Waals surface area contributed by atoms with Gasteiger partial charge in [-0.2, -0.15) is 0 Å². The van der Waals surface area contributed by atoms with Crippen molar-refractivity contribution < 1.29 is 0 Å². The fourth-order valence-corrected chi connectivity index (χ4v) is 3.14. The lowest BCUT2D eigenvalue weighted by atomic mass is 9.97. The van der Waals surface area contributed by atoms with Gasteiger partial charge in [-0.15, -0.1) is 0 Å². The number of para-hydroxylation sites is 1. The van der Waals surface area contributed by atoms with Crippen molar-refractivity contribution >= 4 is 22.5 Å². The van der Waals surface area contributed by atoms with Crippen LogP contribution in [0.1, 0.15) is 11.1 Å². The smallest absolute Gasteiger partial charge is 0.193 e. The zero-order valence-corrected chi connectivity index (χ0v) is 14.1. The Morgan fingerprint density at radius 2 is 1.64 bits per heavy atom. The number of rotatable bonds is 3. The molecule has 4 rings (SSSR count). The van der Waals surface area contributed by atoms with Gasteiger partial charge in [-0.3, -0.25) is 9.78 Å². The highest BCUT2D eigenvalue weighted by atomic mass is 35.5. The maximum absolute atomic E-state index is 13.1. The van der Waals surface area contributed by atoms with Crippen LogP contribution in [0.25, 0.3) is 22.2 Å². The van der Waals surface area contributed by atoms with E-state index in [1.54, 1.807) is 12.4 Å². The highest BCUT2D eigenvalue weighted by molar-refractivity contribution is 6.30. The van der Waals surface area contributed by atoms with Crippen molar-refractivity contribution in [3.63, 3.8) is 0 Å². The van der Waals surface area contributed by atoms with Gasteiger partial charge in [-0.1, -0.05) is 35.9 Å². The summed E-state index contributed by atoms with van der Waals surface area (Å²) in [6, 6.07) is 19.0. The third-order valence-corrected chi connectivity index (χ3v) is 4.52. The van der Waals surface area contributed by atoms with E-state index in [0.29, 0.717) is 16.8 Å². The number of hydrogen-bond acceptors (Lipinski definition) is 2. The highest BCUT2D eigenvalue weighted by Gasteiger charge is 2.14. The van der Waals surface area contributed by atoms with Crippen LogP contribution in [0.3, 0.4) is 0 Å². The summed E-state index contributed by atoms with van der Waals surface area (Å²) in [5.41, 5.74) is 4.44. The Morgan fingerprint density at radius 1 is 0.920 bits per heavy atom. The van der Waals surface area contributed by atoms with Crippen LogP contribution in [0.4, 0.5) is 0 Å². The molecule has 2 aromatic carbocycles. The van der Waals surface area contributed by atoms with Crippen molar-refractivity contribution in [1.29, 1.82) is 0 Å². The van der Waals surface area contributed by atoms with E-state index in [1.807, 2.05) is 60.7 Å². The van der Waals surface area contributed by atoms with E-state index in [-0.39, 0.29) is 5.43 Å². The Hall–Kier alpha value is -2.91. The molecule has 2 heterocycles. The fraction of sp³-hybridized carbons (Fsp3) is 0.0476. The molecule has 2 aromatic heterocycles. The largest absolute Gasteiger partial charge is 0.354 e. The number of aromatic nitrogens is 2. The van der Waals surface area contributed by atoms with Crippen molar-refractivity contribution in [2.45, 2.75) is 6.42 Å². The number of fused-ring (bicyclic) bond motifs is 1. The van der Waals surface area contributed by atoms with E-state index in [4.69, 9.17) is 11.6 Å². The SMILES string of the molecule is O=c1c(Cc2ccncc2)c(-c2ccc(Cl)cc2)[nH]c2ccccc12. The van der Waals surface area contributed by atoms with Crippen molar-refractivity contribution in [2.75, 3.05) is 0 Å². The van der Waals surface area contributed by atoms with E-state index in [2.05, 4.69) is 9.97 Å². The van der Waals surface area contributed by atoms with Gasteiger partial charge in [-0.05, 0) is 47.5 Å². The van der Waals surface area contributed by atoms with E-state index >= 15 is 0 Å². The second kappa shape index (κ2) is 6.54. The fourth-order valence-electron chi connectivity index (χ4n) is 3.01. The van der Waals surface area contributed by atoms with Crippen molar-refractivity contribution in [1.82, 2.24) is 9.97 Å². The van der Waals surface area contributed by atoms with Gasteiger partial charge in [0.05, 0.1) is 5.69 Å². The Balaban J connectivity index is 1.97. The molecular formula is C21H15ClN2O. The Morgan fingerprint density at radius 3 is 2.40 bits per heavy atom. The molecule has 3 nitrogen and oxygen atoms in total. The second-order valence-electron chi connectivity index (χ2n) is 5.89. The molecule has 0 saturated heterocycles. The van der Waals surface area contributed by atoms with Crippen LogP contribution in [-0.2, 0) is 6.42 Å². The molecule has 4 heteroatoms. The number of hydrogen-bond donors (Lipinski definition) is 1. The molecular weight excluding hydrogens is 332 g/mol. The summed E-state index contributed by atoms with van der Waals surface area (Å²) in [4.78, 5) is 20.6. The minimum Gasteiger partial charge on any atom is -0.354 e. The normalized spacial score (nSPS) is 10.9. The van der Waals surface area contributed by atoms with Gasteiger partial charge in [0.25, 0.3) is 0 Å². The number of nitrogens with zero attached hydrogens (tertiary/aromatic N) is 1. The molecule has 0 amide bonds. The van der Waals surface area contributed by atoms with Gasteiger partial charge in [0.1, 0.15) is 0 Å². The van der Waals surface area contributed by atoms with Gasteiger partial charge in [0.15, 0.2) is 5.43 Å². The van der Waals surface area contributed by atoms with E-state index in [9.17, 15) is 4.79 Å². The predicted octanol–water partition coefficient (Wildman–Crippen LogP) is 4.83. The summed E-state index contributed by atoms with van der Waals surface area (Å²) in [6.45, 7) is 0. The number of halogens is 1. The lowest BCUT2D eigenvalue weighted by molar-refractivity contribution is 1.13. The zero-order valence-electron chi connectivity index (χ0n) is 13.4. The van der Waals surface area contributed by atoms with Gasteiger partial charge in [-0.25, -0.2) is 0 Å². The number of pyridine rings is 2. The maximum Gasteiger partial charge on any atom is 0.193 e. The first-order valence-electron chi connectivity index (χ1n) is 8.01. The maximum atomic E-state index is 13.1. The van der Waals surface area contributed by atoms with Crippen LogP contribution < -0.4 is 5.43 Å². The Labute approximate surface area is 149 Å². The predicted molar refractivity (Wildman–Crippen MR) is 102 cm³/mol. The van der Waals surface area contributed by atoms with Gasteiger partial charge in [0, 0.05) is 40.3 Å². The molecule has 0 aliphatic carbocycles. The van der Waals surface area contributed by atoms with Crippen molar-refractivity contribution in [2.24, 2.45) is 0 Å². The summed E-state index contributed by atoms with van der Waals surface area (Å²) in [6.07, 6.45) is 4.03. The molecule has 0 saturated carbocycles. The molecule has 0 radical (unpaired) electrons. The van der Waals surface area contributed by atoms with Crippen LogP contribution in [0.15, 0.2) is 77.9 Å². The lowest BCUT2D eigenvalue weighted by Crippen LogP contribution is -2.13. The van der Waals surface area contributed by atoms with Crippen LogP contribution in [0.5, 0.6) is 0 Å². The zero-order chi connectivity index (χ0) is 17.2. The quantitative estimate of drug-likeness (QED) is 0.577. The Kier molecular flexibility index (Phi) is 4.08. The van der Waals surface area contributed by atoms with Gasteiger partial charge in [0.2, 0.25) is 0 Å². The highest BCUT2D eigenvalue weighted by Crippen LogP contribution is 2.25. The number of H-pyrrole nitrogens is 1. The van der Waals surface area contributed by atoms with E-state index < -0.39 is 0 Å². The summed E-state index contributed by atoms with van der Waals surface area (Å²) < 4.78 is 0. The summed E-state index contributed by atoms with van der Waals surface area (Å²) in [5.74, 6) is 0. The molecule has 0 bridgehead atoms. The molecule has 0 atom stereocenters. The third kappa shape index (κ3) is 3.06. The van der Waals surface area contributed by atoms with Crippen molar-refractivity contribution in [3.8, 4) is 11.3 Å². The second-order valence-corrected chi connectivity index (χ2v) is 6.33. The minimum absolute atomic E-state index is 0.0520. The standard InChI is InChI=1S/C21H15ClN2O/c22-16-7-5-15(6-8-16)20-18(13-14-9-11-23-12-10-14)21(25)17-3-1-2-4-19(17)24-20/h1-12H,13H2,(H,24,25). The molecule has 25 heavy (non-hydrogen) atoms. The topological polar surface area (TPSA) is 45.8 Å². The van der Waals surface area contributed by atoms with E-state index in [1.165, 1.54) is 0 Å². The molecule has 0 aliphatic heterocycles. The van der Waals surface area contributed by atoms with Crippen LogP contribution in [-0.4, -0.2) is 9.97 Å². The Bertz CT molecular complexity index is 1090. The van der Waals surface area contributed by atoms with Gasteiger partial charge < -0.3 is 4.98 Å². The average molecular weight is 347 g/mol. The number of nitrogens with one attached hydrogen (secondary N) is 1. The summed E-state index contributed by atoms with van der Waals surface area (Å²) >= 11 is 6.02. The summed E-state index contributed by atoms with van der Waals surface area (Å²) in [5, 5.41) is 1.37.